The van der Waals surface area contributed by atoms with Crippen molar-refractivity contribution in [2.75, 3.05) is 5.73 Å². The van der Waals surface area contributed by atoms with E-state index < -0.39 is 17.5 Å². The number of rotatable bonds is 8. The lowest BCUT2D eigenvalue weighted by Crippen LogP contribution is -2.13. The highest BCUT2D eigenvalue weighted by atomic mass is 35.5. The van der Waals surface area contributed by atoms with E-state index in [0.29, 0.717) is 35.1 Å². The Kier molecular flexibility index (Phi) is 8.46. The molecule has 0 radical (unpaired) electrons. The van der Waals surface area contributed by atoms with Crippen molar-refractivity contribution in [2.24, 2.45) is 0 Å². The van der Waals surface area contributed by atoms with Crippen LogP contribution in [0.3, 0.4) is 0 Å². The number of aromatic nitrogens is 1. The average molecular weight is 548 g/mol. The summed E-state index contributed by atoms with van der Waals surface area (Å²) in [6, 6.07) is 16.0. The maximum atomic E-state index is 14.0. The molecule has 186 valence electrons. The van der Waals surface area contributed by atoms with E-state index in [2.05, 4.69) is 10.3 Å². The lowest BCUT2D eigenvalue weighted by molar-refractivity contribution is 0.575. The second-order valence-electron chi connectivity index (χ2n) is 8.20. The number of pyridine rings is 1. The van der Waals surface area contributed by atoms with E-state index in [-0.39, 0.29) is 10.3 Å². The Bertz CT molecular complexity index is 1360. The largest absolute Gasteiger partial charge is 0.383 e. The molecule has 0 spiro atoms. The summed E-state index contributed by atoms with van der Waals surface area (Å²) in [5.41, 5.74) is 9.98. The van der Waals surface area contributed by atoms with Crippen LogP contribution in [0.2, 0.25) is 10.0 Å². The third-order valence-corrected chi connectivity index (χ3v) is 7.42. The van der Waals surface area contributed by atoms with Crippen molar-refractivity contribution < 1.29 is 13.2 Å². The van der Waals surface area contributed by atoms with Crippen molar-refractivity contribution >= 4 is 40.8 Å². The van der Waals surface area contributed by atoms with Gasteiger partial charge in [-0.2, -0.15) is 0 Å². The van der Waals surface area contributed by atoms with Gasteiger partial charge in [0.25, 0.3) is 0 Å². The highest BCUT2D eigenvalue weighted by Gasteiger charge is 2.19. The van der Waals surface area contributed by atoms with Crippen LogP contribution < -0.4 is 11.1 Å². The van der Waals surface area contributed by atoms with E-state index in [0.717, 1.165) is 27.7 Å². The van der Waals surface area contributed by atoms with Crippen LogP contribution in [-0.2, 0) is 13.1 Å². The minimum Gasteiger partial charge on any atom is -0.383 e. The molecule has 0 aliphatic rings. The molecule has 0 amide bonds. The molecular weight excluding hydrogens is 526 g/mol. The first-order chi connectivity index (χ1) is 17.2. The van der Waals surface area contributed by atoms with Gasteiger partial charge < -0.3 is 11.1 Å². The average Bonchev–Trinajstić information content (AvgIpc) is 2.83. The summed E-state index contributed by atoms with van der Waals surface area (Å²) < 4.78 is 40.7. The lowest BCUT2D eigenvalue weighted by Gasteiger charge is -2.17. The number of hydrogen-bond donors (Lipinski definition) is 2. The van der Waals surface area contributed by atoms with Crippen molar-refractivity contribution in [3.8, 4) is 11.1 Å². The number of thioether (sulfide) groups is 1. The maximum Gasteiger partial charge on any atom is 0.142 e. The molecule has 0 aliphatic carbocycles. The minimum absolute atomic E-state index is 0.00285. The van der Waals surface area contributed by atoms with Gasteiger partial charge in [-0.25, -0.2) is 18.2 Å². The van der Waals surface area contributed by atoms with E-state index in [4.69, 9.17) is 28.9 Å². The number of nitrogens with two attached hydrogens (primary N) is 1. The fourth-order valence-electron chi connectivity index (χ4n) is 3.75. The highest BCUT2D eigenvalue weighted by Crippen LogP contribution is 2.44. The molecule has 36 heavy (non-hydrogen) atoms. The fraction of sp³-hybridized carbons (Fsp3) is 0.148. The van der Waals surface area contributed by atoms with Crippen molar-refractivity contribution in [2.45, 2.75) is 30.2 Å². The van der Waals surface area contributed by atoms with E-state index in [9.17, 15) is 13.2 Å². The molecule has 9 heteroatoms. The lowest BCUT2D eigenvalue weighted by atomic mass is 10.1. The minimum atomic E-state index is -0.595. The number of anilines is 1. The Balaban J connectivity index is 1.44. The molecule has 0 saturated carbocycles. The van der Waals surface area contributed by atoms with Crippen LogP contribution in [0.5, 0.6) is 0 Å². The van der Waals surface area contributed by atoms with Crippen molar-refractivity contribution in [1.82, 2.24) is 10.3 Å². The summed E-state index contributed by atoms with van der Waals surface area (Å²) in [4.78, 5) is 5.05. The van der Waals surface area contributed by atoms with Crippen LogP contribution in [0.4, 0.5) is 19.0 Å². The van der Waals surface area contributed by atoms with Gasteiger partial charge >= 0.3 is 0 Å². The van der Waals surface area contributed by atoms with Crippen LogP contribution in [0.15, 0.2) is 71.8 Å². The Morgan fingerprint density at radius 3 is 2.25 bits per heavy atom. The van der Waals surface area contributed by atoms with Gasteiger partial charge in [-0.05, 0) is 53.9 Å². The summed E-state index contributed by atoms with van der Waals surface area (Å²) in [5, 5.41) is 3.30. The molecule has 1 atom stereocenters. The molecule has 1 aromatic heterocycles. The quantitative estimate of drug-likeness (QED) is 0.172. The van der Waals surface area contributed by atoms with Crippen molar-refractivity contribution in [1.29, 1.82) is 0 Å². The molecule has 4 aromatic rings. The van der Waals surface area contributed by atoms with Crippen LogP contribution in [-0.4, -0.2) is 4.98 Å². The maximum absolute atomic E-state index is 14.0. The zero-order valence-electron chi connectivity index (χ0n) is 19.2. The molecule has 0 bridgehead atoms. The number of nitrogen functional groups attached to an aromatic ring is 1. The first-order valence-corrected chi connectivity index (χ1v) is 12.7. The molecular formula is C27H22Cl2F3N3S. The smallest absolute Gasteiger partial charge is 0.142 e. The summed E-state index contributed by atoms with van der Waals surface area (Å²) in [7, 11) is 0. The van der Waals surface area contributed by atoms with Gasteiger partial charge in [0.05, 0.1) is 9.92 Å². The number of halogens is 5. The highest BCUT2D eigenvalue weighted by molar-refractivity contribution is 7.99. The molecule has 0 aliphatic heterocycles. The van der Waals surface area contributed by atoms with Crippen LogP contribution in [0.25, 0.3) is 11.1 Å². The predicted octanol–water partition coefficient (Wildman–Crippen LogP) is 8.20. The molecule has 3 nitrogen and oxygen atoms in total. The second-order valence-corrected chi connectivity index (χ2v) is 10.4. The Labute approximate surface area is 221 Å². The van der Waals surface area contributed by atoms with Crippen LogP contribution in [0.1, 0.15) is 28.9 Å². The standard InChI is InChI=1S/C27H22Cl2F3N3S/c1-15(25-22(28)6-7-23(32)26(25)29)36-24-10-19(14-35-27(24)33)18-4-2-16(3-5-18)12-34-13-17-8-20(30)11-21(31)9-17/h2-11,14-15,34H,12-13H2,1H3,(H2,33,35). The van der Waals surface area contributed by atoms with E-state index in [1.54, 1.807) is 6.20 Å². The number of hydrogen-bond acceptors (Lipinski definition) is 4. The number of nitrogens with one attached hydrogen (secondary N) is 1. The summed E-state index contributed by atoms with van der Waals surface area (Å²) >= 11 is 13.8. The van der Waals surface area contributed by atoms with Gasteiger partial charge in [-0.3, -0.25) is 0 Å². The van der Waals surface area contributed by atoms with E-state index in [1.807, 2.05) is 37.3 Å². The normalized spacial score (nSPS) is 12.1. The fourth-order valence-corrected chi connectivity index (χ4v) is 5.69. The molecule has 1 heterocycles. The summed E-state index contributed by atoms with van der Waals surface area (Å²) in [6.45, 7) is 2.76. The third kappa shape index (κ3) is 6.34. The number of benzene rings is 3. The van der Waals surface area contributed by atoms with Crippen molar-refractivity contribution in [3.05, 3.63) is 111 Å². The van der Waals surface area contributed by atoms with Gasteiger partial charge in [-0.1, -0.05) is 47.5 Å². The van der Waals surface area contributed by atoms with Gasteiger partial charge in [0.2, 0.25) is 0 Å². The topological polar surface area (TPSA) is 50.9 Å². The van der Waals surface area contributed by atoms with Crippen molar-refractivity contribution in [3.63, 3.8) is 0 Å². The Morgan fingerprint density at radius 2 is 1.56 bits per heavy atom. The molecule has 0 saturated heterocycles. The van der Waals surface area contributed by atoms with Gasteiger partial charge in [-0.15, -0.1) is 11.8 Å². The van der Waals surface area contributed by atoms with Crippen LogP contribution in [0, 0.1) is 17.5 Å². The summed E-state index contributed by atoms with van der Waals surface area (Å²) in [6.07, 6.45) is 1.69. The molecule has 3 aromatic carbocycles. The number of nitrogens with zero attached hydrogens (tertiary/aromatic N) is 1. The van der Waals surface area contributed by atoms with E-state index in [1.165, 1.54) is 36.0 Å². The zero-order chi connectivity index (χ0) is 25.8. The summed E-state index contributed by atoms with van der Waals surface area (Å²) in [5.74, 6) is -1.36. The zero-order valence-corrected chi connectivity index (χ0v) is 21.5. The second kappa shape index (κ2) is 11.6. The Hall–Kier alpha value is -2.71. The van der Waals surface area contributed by atoms with E-state index >= 15 is 0 Å². The predicted molar refractivity (Wildman–Crippen MR) is 142 cm³/mol. The van der Waals surface area contributed by atoms with Gasteiger partial charge in [0.1, 0.15) is 23.3 Å². The monoisotopic (exact) mass is 547 g/mol. The third-order valence-electron chi connectivity index (χ3n) is 5.54. The molecule has 3 N–H and O–H groups in total. The van der Waals surface area contributed by atoms with Crippen LogP contribution >= 0.6 is 35.0 Å². The molecule has 0 fully saturated rings. The van der Waals surface area contributed by atoms with Gasteiger partial charge in [0, 0.05) is 46.8 Å². The Morgan fingerprint density at radius 1 is 0.889 bits per heavy atom. The molecule has 1 unspecified atom stereocenters. The van der Waals surface area contributed by atoms with Gasteiger partial charge in [0.15, 0.2) is 0 Å². The SMILES string of the molecule is CC(Sc1cc(-c2ccc(CNCc3cc(F)cc(F)c3)cc2)cnc1N)c1c(Cl)ccc(F)c1Cl. The first-order valence-electron chi connectivity index (χ1n) is 11.0. The first kappa shape index (κ1) is 26.4. The molecule has 4 rings (SSSR count).